The molecule has 0 heterocycles. The first-order valence-electron chi connectivity index (χ1n) is 7.23. The molecule has 0 fully saturated rings. The van der Waals surface area contributed by atoms with E-state index in [1.54, 1.807) is 25.1 Å². The Labute approximate surface area is 122 Å². The van der Waals surface area contributed by atoms with Crippen LogP contribution in [0.4, 0.5) is 0 Å². The smallest absolute Gasteiger partial charge is 0.236 e. The van der Waals surface area contributed by atoms with Gasteiger partial charge < -0.3 is 10.0 Å². The average molecular weight is 278 g/mol. The molecule has 4 nitrogen and oxygen atoms in total. The summed E-state index contributed by atoms with van der Waals surface area (Å²) < 4.78 is 0. The van der Waals surface area contributed by atoms with Crippen LogP contribution in [-0.2, 0) is 4.79 Å². The lowest BCUT2D eigenvalue weighted by Crippen LogP contribution is -2.39. The highest BCUT2D eigenvalue weighted by atomic mass is 16.3. The maximum Gasteiger partial charge on any atom is 0.236 e. The molecule has 0 aliphatic rings. The van der Waals surface area contributed by atoms with Gasteiger partial charge in [0.1, 0.15) is 5.75 Å². The van der Waals surface area contributed by atoms with Crippen molar-refractivity contribution in [2.24, 2.45) is 0 Å². The zero-order valence-corrected chi connectivity index (χ0v) is 13.0. The summed E-state index contributed by atoms with van der Waals surface area (Å²) in [7, 11) is 3.54. The van der Waals surface area contributed by atoms with Crippen molar-refractivity contribution >= 4 is 5.91 Å². The van der Waals surface area contributed by atoms with E-state index in [0.717, 1.165) is 24.9 Å². The summed E-state index contributed by atoms with van der Waals surface area (Å²) in [6.07, 6.45) is 1.84. The van der Waals surface area contributed by atoms with Gasteiger partial charge in [0.2, 0.25) is 5.91 Å². The highest BCUT2D eigenvalue weighted by Gasteiger charge is 2.23. The fourth-order valence-corrected chi connectivity index (χ4v) is 2.39. The molecule has 20 heavy (non-hydrogen) atoms. The number of hydrogen-bond donors (Lipinski definition) is 1. The Kier molecular flexibility index (Phi) is 6.52. The summed E-state index contributed by atoms with van der Waals surface area (Å²) in [5.74, 6) is 0.394. The normalized spacial score (nSPS) is 12.4. The number of phenols is 1. The minimum absolute atomic E-state index is 0.0695. The van der Waals surface area contributed by atoms with Crippen molar-refractivity contribution in [1.82, 2.24) is 9.80 Å². The number of amides is 1. The number of hydrogen-bond acceptors (Lipinski definition) is 3. The largest absolute Gasteiger partial charge is 0.508 e. The minimum Gasteiger partial charge on any atom is -0.508 e. The van der Waals surface area contributed by atoms with Gasteiger partial charge in [-0.05, 0) is 25.5 Å². The Bertz CT molecular complexity index is 432. The predicted molar refractivity (Wildman–Crippen MR) is 81.7 cm³/mol. The van der Waals surface area contributed by atoms with Crippen molar-refractivity contribution < 1.29 is 9.90 Å². The Morgan fingerprint density at radius 1 is 1.25 bits per heavy atom. The quantitative estimate of drug-likeness (QED) is 0.834. The summed E-state index contributed by atoms with van der Waals surface area (Å²) in [4.78, 5) is 15.7. The second-order valence-electron chi connectivity index (χ2n) is 5.24. The number of likely N-dealkylation sites (N-methyl/N-ethyl adjacent to an activating group) is 1. The zero-order valence-electron chi connectivity index (χ0n) is 13.0. The molecule has 0 bridgehead atoms. The van der Waals surface area contributed by atoms with Gasteiger partial charge in [-0.25, -0.2) is 0 Å². The second-order valence-corrected chi connectivity index (χ2v) is 5.24. The lowest BCUT2D eigenvalue weighted by Gasteiger charge is -2.31. The Morgan fingerprint density at radius 2 is 1.90 bits per heavy atom. The first kappa shape index (κ1) is 16.5. The maximum absolute atomic E-state index is 12.0. The maximum atomic E-state index is 12.0. The molecule has 1 atom stereocenters. The number of phenolic OH excluding ortho intramolecular Hbond substituents is 1. The molecule has 1 amide bonds. The molecular formula is C16H26N2O2. The SMILES string of the molecule is CCCN(CC(=O)N(C)C)C(CC)c1ccccc1O. The van der Waals surface area contributed by atoms with E-state index >= 15 is 0 Å². The van der Waals surface area contributed by atoms with E-state index in [1.807, 2.05) is 18.2 Å². The lowest BCUT2D eigenvalue weighted by atomic mass is 10.0. The van der Waals surface area contributed by atoms with E-state index in [4.69, 9.17) is 0 Å². The van der Waals surface area contributed by atoms with Crippen LogP contribution in [0.15, 0.2) is 24.3 Å². The van der Waals surface area contributed by atoms with Gasteiger partial charge >= 0.3 is 0 Å². The third-order valence-electron chi connectivity index (χ3n) is 3.47. The van der Waals surface area contributed by atoms with Crippen molar-refractivity contribution in [1.29, 1.82) is 0 Å². The first-order chi connectivity index (χ1) is 9.51. The van der Waals surface area contributed by atoms with Gasteiger partial charge in [0, 0.05) is 25.7 Å². The highest BCUT2D eigenvalue weighted by molar-refractivity contribution is 5.77. The van der Waals surface area contributed by atoms with E-state index in [2.05, 4.69) is 18.7 Å². The molecule has 0 spiro atoms. The van der Waals surface area contributed by atoms with Crippen LogP contribution >= 0.6 is 0 Å². The topological polar surface area (TPSA) is 43.8 Å². The van der Waals surface area contributed by atoms with Crippen LogP contribution in [0, 0.1) is 0 Å². The second kappa shape index (κ2) is 7.90. The summed E-state index contributed by atoms with van der Waals surface area (Å²) >= 11 is 0. The fourth-order valence-electron chi connectivity index (χ4n) is 2.39. The summed E-state index contributed by atoms with van der Waals surface area (Å²) in [5.41, 5.74) is 0.898. The number of rotatable bonds is 7. The first-order valence-corrected chi connectivity index (χ1v) is 7.23. The zero-order chi connectivity index (χ0) is 15.1. The molecule has 0 saturated heterocycles. The Hall–Kier alpha value is -1.55. The van der Waals surface area contributed by atoms with Gasteiger partial charge in [-0.3, -0.25) is 9.69 Å². The van der Waals surface area contributed by atoms with Crippen LogP contribution in [0.25, 0.3) is 0 Å². The molecule has 1 aromatic rings. The standard InChI is InChI=1S/C16H26N2O2/c1-5-11-18(12-16(20)17(3)4)14(6-2)13-9-7-8-10-15(13)19/h7-10,14,19H,5-6,11-12H2,1-4H3. The fraction of sp³-hybridized carbons (Fsp3) is 0.562. The molecule has 0 saturated carbocycles. The monoisotopic (exact) mass is 278 g/mol. The molecule has 1 unspecified atom stereocenters. The van der Waals surface area contributed by atoms with Crippen LogP contribution in [0.5, 0.6) is 5.75 Å². The van der Waals surface area contributed by atoms with Gasteiger partial charge in [-0.2, -0.15) is 0 Å². The molecule has 0 aliphatic carbocycles. The molecule has 0 radical (unpaired) electrons. The Morgan fingerprint density at radius 3 is 2.40 bits per heavy atom. The van der Waals surface area contributed by atoms with Crippen molar-refractivity contribution in [3.63, 3.8) is 0 Å². The molecule has 112 valence electrons. The lowest BCUT2D eigenvalue weighted by molar-refractivity contribution is -0.130. The number of nitrogens with zero attached hydrogens (tertiary/aromatic N) is 2. The van der Waals surface area contributed by atoms with E-state index in [1.165, 1.54) is 0 Å². The van der Waals surface area contributed by atoms with Gasteiger partial charge in [-0.15, -0.1) is 0 Å². The van der Waals surface area contributed by atoms with Crippen molar-refractivity contribution in [3.05, 3.63) is 29.8 Å². The molecule has 1 N–H and O–H groups in total. The average Bonchev–Trinajstić information content (AvgIpc) is 2.41. The summed E-state index contributed by atoms with van der Waals surface area (Å²) in [6, 6.07) is 7.46. The molecule has 4 heteroatoms. The third-order valence-corrected chi connectivity index (χ3v) is 3.47. The minimum atomic E-state index is 0.0695. The van der Waals surface area contributed by atoms with E-state index in [0.29, 0.717) is 12.3 Å². The molecule has 1 aromatic carbocycles. The molecule has 1 rings (SSSR count). The van der Waals surface area contributed by atoms with Crippen molar-refractivity contribution in [3.8, 4) is 5.75 Å². The van der Waals surface area contributed by atoms with Gasteiger partial charge in [-0.1, -0.05) is 32.0 Å². The molecule has 0 aromatic heterocycles. The number of para-hydroxylation sites is 1. The summed E-state index contributed by atoms with van der Waals surface area (Å²) in [6.45, 7) is 5.41. The number of benzene rings is 1. The summed E-state index contributed by atoms with van der Waals surface area (Å²) in [5, 5.41) is 10.1. The van der Waals surface area contributed by atoms with Crippen LogP contribution in [0.1, 0.15) is 38.3 Å². The molecule has 0 aliphatic heterocycles. The van der Waals surface area contributed by atoms with E-state index < -0.39 is 0 Å². The van der Waals surface area contributed by atoms with Crippen LogP contribution in [0.3, 0.4) is 0 Å². The molecular weight excluding hydrogens is 252 g/mol. The number of aromatic hydroxyl groups is 1. The van der Waals surface area contributed by atoms with Crippen LogP contribution in [0.2, 0.25) is 0 Å². The van der Waals surface area contributed by atoms with Crippen LogP contribution < -0.4 is 0 Å². The van der Waals surface area contributed by atoms with E-state index in [9.17, 15) is 9.90 Å². The highest BCUT2D eigenvalue weighted by Crippen LogP contribution is 2.30. The number of carbonyl (C=O) groups excluding carboxylic acids is 1. The predicted octanol–water partition coefficient (Wildman–Crippen LogP) is 2.64. The van der Waals surface area contributed by atoms with E-state index in [-0.39, 0.29) is 11.9 Å². The third kappa shape index (κ3) is 4.23. The van der Waals surface area contributed by atoms with Gasteiger partial charge in [0.15, 0.2) is 0 Å². The number of carbonyl (C=O) groups is 1. The van der Waals surface area contributed by atoms with Crippen molar-refractivity contribution in [2.45, 2.75) is 32.7 Å². The van der Waals surface area contributed by atoms with Gasteiger partial charge in [0.05, 0.1) is 6.54 Å². The Balaban J connectivity index is 2.97. The van der Waals surface area contributed by atoms with Crippen molar-refractivity contribution in [2.75, 3.05) is 27.2 Å². The van der Waals surface area contributed by atoms with Gasteiger partial charge in [0.25, 0.3) is 0 Å². The van der Waals surface area contributed by atoms with Crippen LogP contribution in [-0.4, -0.2) is 48.0 Å².